The van der Waals surface area contributed by atoms with Gasteiger partial charge in [-0.3, -0.25) is 0 Å². The average Bonchev–Trinajstić information content (AvgIpc) is 2.77. The molecule has 1 saturated carbocycles. The van der Waals surface area contributed by atoms with Crippen molar-refractivity contribution in [2.24, 2.45) is 0 Å². The van der Waals surface area contributed by atoms with Crippen LogP contribution in [0, 0.1) is 0 Å². The Labute approximate surface area is 105 Å². The molecule has 2 rings (SSSR count). The van der Waals surface area contributed by atoms with Gasteiger partial charge in [-0.2, -0.15) is 13.2 Å². The summed E-state index contributed by atoms with van der Waals surface area (Å²) >= 11 is 0. The Morgan fingerprint density at radius 3 is 2.39 bits per heavy atom. The number of benzene rings is 1. The minimum Gasteiger partial charge on any atom is -0.314 e. The molecule has 4 heteroatoms. The van der Waals surface area contributed by atoms with Gasteiger partial charge in [-0.05, 0) is 43.0 Å². The highest BCUT2D eigenvalue weighted by Gasteiger charge is 2.32. The van der Waals surface area contributed by atoms with Gasteiger partial charge in [0.1, 0.15) is 0 Å². The van der Waals surface area contributed by atoms with Crippen LogP contribution in [0.3, 0.4) is 0 Å². The molecule has 0 spiro atoms. The lowest BCUT2D eigenvalue weighted by Gasteiger charge is -2.21. The molecule has 18 heavy (non-hydrogen) atoms. The van der Waals surface area contributed by atoms with Crippen LogP contribution >= 0.6 is 0 Å². The molecule has 1 aromatic carbocycles. The van der Waals surface area contributed by atoms with Gasteiger partial charge in [0.25, 0.3) is 0 Å². The Morgan fingerprint density at radius 2 is 1.83 bits per heavy atom. The molecule has 0 amide bonds. The molecule has 1 N–H and O–H groups in total. The topological polar surface area (TPSA) is 12.0 Å². The molecular formula is C14H18F3N. The quantitative estimate of drug-likeness (QED) is 0.864. The fourth-order valence-electron chi connectivity index (χ4n) is 2.78. The van der Waals surface area contributed by atoms with E-state index in [0.29, 0.717) is 12.0 Å². The Kier molecular flexibility index (Phi) is 3.95. The summed E-state index contributed by atoms with van der Waals surface area (Å²) in [6, 6.07) is 6.05. The van der Waals surface area contributed by atoms with E-state index in [4.69, 9.17) is 0 Å². The highest BCUT2D eigenvalue weighted by molar-refractivity contribution is 5.28. The maximum absolute atomic E-state index is 12.5. The van der Waals surface area contributed by atoms with Gasteiger partial charge >= 0.3 is 6.18 Å². The Morgan fingerprint density at radius 1 is 1.17 bits per heavy atom. The maximum atomic E-state index is 12.5. The molecule has 1 aliphatic carbocycles. The van der Waals surface area contributed by atoms with Crippen molar-refractivity contribution in [3.63, 3.8) is 0 Å². The van der Waals surface area contributed by atoms with E-state index in [-0.39, 0.29) is 0 Å². The smallest absolute Gasteiger partial charge is 0.314 e. The number of nitrogens with one attached hydrogen (secondary N) is 1. The molecule has 1 aliphatic rings. The molecule has 100 valence electrons. The summed E-state index contributed by atoms with van der Waals surface area (Å²) in [6.07, 6.45) is -0.929. The standard InChI is InChI=1S/C14H18F3N/c1-2-18-13-5-3-4-12(13)10-6-8-11(9-7-10)14(15,16)17/h6-9,12-13,18H,2-5H2,1H3. The molecule has 1 aromatic rings. The van der Waals surface area contributed by atoms with E-state index in [1.807, 2.05) is 0 Å². The molecule has 0 saturated heterocycles. The normalized spacial score (nSPS) is 24.4. The van der Waals surface area contributed by atoms with Crippen molar-refractivity contribution in [1.82, 2.24) is 5.32 Å². The number of hydrogen-bond donors (Lipinski definition) is 1. The van der Waals surface area contributed by atoms with Crippen molar-refractivity contribution in [2.45, 2.75) is 44.3 Å². The number of alkyl halides is 3. The second-order valence-electron chi connectivity index (χ2n) is 4.82. The van der Waals surface area contributed by atoms with Crippen LogP contribution in [0.5, 0.6) is 0 Å². The predicted octanol–water partition coefficient (Wildman–Crippen LogP) is 3.95. The summed E-state index contributed by atoms with van der Waals surface area (Å²) in [5.41, 5.74) is 0.454. The van der Waals surface area contributed by atoms with Crippen molar-refractivity contribution >= 4 is 0 Å². The zero-order valence-corrected chi connectivity index (χ0v) is 10.4. The van der Waals surface area contributed by atoms with Crippen LogP contribution in [0.25, 0.3) is 0 Å². The molecule has 0 bridgehead atoms. The third-order valence-electron chi connectivity index (χ3n) is 3.65. The summed E-state index contributed by atoms with van der Waals surface area (Å²) in [5.74, 6) is 0.354. The Balaban J connectivity index is 2.14. The van der Waals surface area contributed by atoms with Gasteiger partial charge in [0.2, 0.25) is 0 Å². The average molecular weight is 257 g/mol. The van der Waals surface area contributed by atoms with Crippen molar-refractivity contribution in [3.8, 4) is 0 Å². The molecule has 0 radical (unpaired) electrons. The van der Waals surface area contributed by atoms with E-state index >= 15 is 0 Å². The molecule has 0 aromatic heterocycles. The predicted molar refractivity (Wildman–Crippen MR) is 65.5 cm³/mol. The van der Waals surface area contributed by atoms with E-state index in [2.05, 4.69) is 12.2 Å². The monoisotopic (exact) mass is 257 g/mol. The summed E-state index contributed by atoms with van der Waals surface area (Å²) in [7, 11) is 0. The zero-order chi connectivity index (χ0) is 13.2. The molecule has 1 fully saturated rings. The Bertz CT molecular complexity index is 383. The number of halogens is 3. The second kappa shape index (κ2) is 5.31. The second-order valence-corrected chi connectivity index (χ2v) is 4.82. The largest absolute Gasteiger partial charge is 0.416 e. The summed E-state index contributed by atoms with van der Waals surface area (Å²) in [6.45, 7) is 2.96. The number of likely N-dealkylation sites (N-methyl/N-ethyl adjacent to an activating group) is 1. The summed E-state index contributed by atoms with van der Waals surface area (Å²) < 4.78 is 37.4. The highest BCUT2D eigenvalue weighted by atomic mass is 19.4. The van der Waals surface area contributed by atoms with Gasteiger partial charge in [-0.25, -0.2) is 0 Å². The fraction of sp³-hybridized carbons (Fsp3) is 0.571. The zero-order valence-electron chi connectivity index (χ0n) is 10.4. The molecule has 1 nitrogen and oxygen atoms in total. The molecule has 0 heterocycles. The van der Waals surface area contributed by atoms with Gasteiger partial charge in [0.05, 0.1) is 5.56 Å². The first kappa shape index (κ1) is 13.4. The van der Waals surface area contributed by atoms with E-state index in [0.717, 1.165) is 31.4 Å². The van der Waals surface area contributed by atoms with Crippen LogP contribution in [-0.2, 0) is 6.18 Å². The lowest BCUT2D eigenvalue weighted by atomic mass is 9.93. The van der Waals surface area contributed by atoms with Crippen LogP contribution in [0.4, 0.5) is 13.2 Å². The van der Waals surface area contributed by atoms with E-state index in [9.17, 15) is 13.2 Å². The van der Waals surface area contributed by atoms with E-state index in [1.54, 1.807) is 12.1 Å². The van der Waals surface area contributed by atoms with Crippen LogP contribution in [0.15, 0.2) is 24.3 Å². The molecule has 0 aliphatic heterocycles. The van der Waals surface area contributed by atoms with E-state index in [1.165, 1.54) is 12.1 Å². The van der Waals surface area contributed by atoms with Crippen molar-refractivity contribution in [2.75, 3.05) is 6.54 Å². The third kappa shape index (κ3) is 2.86. The fourth-order valence-corrected chi connectivity index (χ4v) is 2.78. The van der Waals surface area contributed by atoms with Gasteiger partial charge in [-0.15, -0.1) is 0 Å². The van der Waals surface area contributed by atoms with Crippen molar-refractivity contribution in [1.29, 1.82) is 0 Å². The number of hydrogen-bond acceptors (Lipinski definition) is 1. The summed E-state index contributed by atoms with van der Waals surface area (Å²) in [5, 5.41) is 3.42. The highest BCUT2D eigenvalue weighted by Crippen LogP contribution is 2.36. The third-order valence-corrected chi connectivity index (χ3v) is 3.65. The number of rotatable bonds is 3. The van der Waals surface area contributed by atoms with Crippen LogP contribution in [0.2, 0.25) is 0 Å². The SMILES string of the molecule is CCNC1CCCC1c1ccc(C(F)(F)F)cc1. The summed E-state index contributed by atoms with van der Waals surface area (Å²) in [4.78, 5) is 0. The van der Waals surface area contributed by atoms with Gasteiger partial charge < -0.3 is 5.32 Å². The van der Waals surface area contributed by atoms with Crippen LogP contribution < -0.4 is 5.32 Å². The maximum Gasteiger partial charge on any atom is 0.416 e. The van der Waals surface area contributed by atoms with Gasteiger partial charge in [-0.1, -0.05) is 25.5 Å². The van der Waals surface area contributed by atoms with Gasteiger partial charge in [0, 0.05) is 6.04 Å². The minimum atomic E-state index is -4.24. The molecule has 2 atom stereocenters. The van der Waals surface area contributed by atoms with Crippen LogP contribution in [0.1, 0.15) is 43.2 Å². The van der Waals surface area contributed by atoms with Crippen molar-refractivity contribution in [3.05, 3.63) is 35.4 Å². The first-order chi connectivity index (χ1) is 8.52. The van der Waals surface area contributed by atoms with E-state index < -0.39 is 11.7 Å². The van der Waals surface area contributed by atoms with Crippen molar-refractivity contribution < 1.29 is 13.2 Å². The Hall–Kier alpha value is -1.03. The molecular weight excluding hydrogens is 239 g/mol. The first-order valence-electron chi connectivity index (χ1n) is 6.43. The lowest BCUT2D eigenvalue weighted by Crippen LogP contribution is -2.30. The first-order valence-corrected chi connectivity index (χ1v) is 6.43. The minimum absolute atomic E-state index is 0.354. The molecule has 2 unspecified atom stereocenters. The van der Waals surface area contributed by atoms with Gasteiger partial charge in [0.15, 0.2) is 0 Å². The lowest BCUT2D eigenvalue weighted by molar-refractivity contribution is -0.137. The van der Waals surface area contributed by atoms with Crippen LogP contribution in [-0.4, -0.2) is 12.6 Å².